The van der Waals surface area contributed by atoms with Gasteiger partial charge in [0, 0.05) is 19.4 Å². The van der Waals surface area contributed by atoms with Crippen LogP contribution in [0.4, 0.5) is 0 Å². The van der Waals surface area contributed by atoms with Gasteiger partial charge in [0.2, 0.25) is 0 Å². The molecule has 0 spiro atoms. The lowest BCUT2D eigenvalue weighted by Gasteiger charge is -1.78. The van der Waals surface area contributed by atoms with E-state index in [4.69, 9.17) is 0 Å². The van der Waals surface area contributed by atoms with E-state index in [9.17, 15) is 0 Å². The van der Waals surface area contributed by atoms with Crippen LogP contribution in [0.1, 0.15) is 0 Å². The van der Waals surface area contributed by atoms with Crippen LogP contribution in [0, 0.1) is 7.05 Å². The van der Waals surface area contributed by atoms with E-state index in [0.29, 0.717) is 0 Å². The fourth-order valence-electron chi connectivity index (χ4n) is 0.370. The summed E-state index contributed by atoms with van der Waals surface area (Å²) in [6.07, 6.45) is 3.78. The van der Waals surface area contributed by atoms with Gasteiger partial charge in [0.1, 0.15) is 0 Å². The summed E-state index contributed by atoms with van der Waals surface area (Å²) in [7, 11) is 3.60. The zero-order chi connectivity index (χ0) is 4.41. The number of nitrogens with zero attached hydrogens (tertiary/aromatic N) is 1. The minimum Gasteiger partial charge on any atom is -0.352 e. The minimum absolute atomic E-state index is 1.75. The third kappa shape index (κ3) is 0.432. The quantitative estimate of drug-likeness (QED) is 0.440. The third-order valence-corrected chi connectivity index (χ3v) is 0.666. The Bertz CT molecular complexity index is 107. The molecule has 0 aliphatic carbocycles. The molecule has 31 valence electrons. The number of hydrogen-bond acceptors (Lipinski definition) is 0. The maximum atomic E-state index is 3.60. The molecule has 6 heavy (non-hydrogen) atoms. The van der Waals surface area contributed by atoms with E-state index in [1.165, 1.54) is 0 Å². The van der Waals surface area contributed by atoms with Crippen molar-refractivity contribution >= 4 is 0 Å². The maximum Gasteiger partial charge on any atom is 0.0399 e. The second kappa shape index (κ2) is 1.17. The maximum absolute atomic E-state index is 3.60. The summed E-state index contributed by atoms with van der Waals surface area (Å²) in [6, 6.07) is 3.88. The van der Waals surface area contributed by atoms with Gasteiger partial charge in [0.15, 0.2) is 0 Å². The van der Waals surface area contributed by atoms with Crippen LogP contribution in [0.3, 0.4) is 0 Å². The first-order chi connectivity index (χ1) is 2.89. The van der Waals surface area contributed by atoms with E-state index in [-0.39, 0.29) is 0 Å². The molecule has 1 rings (SSSR count). The average molecular weight is 80.1 g/mol. The standard InChI is InChI=1S/C5H6N/c1-6-4-2-3-5-6/h2-5H,1H2. The molecule has 0 aromatic carbocycles. The van der Waals surface area contributed by atoms with Crippen LogP contribution in [-0.4, -0.2) is 4.57 Å². The Morgan fingerprint density at radius 1 is 1.17 bits per heavy atom. The minimum atomic E-state index is 1.75. The number of hydrogen-bond donors (Lipinski definition) is 0. The fourth-order valence-corrected chi connectivity index (χ4v) is 0.370. The highest BCUT2D eigenvalue weighted by Gasteiger charge is 1.68. The molecule has 0 bridgehead atoms. The van der Waals surface area contributed by atoms with Crippen molar-refractivity contribution in [3.05, 3.63) is 31.6 Å². The summed E-state index contributed by atoms with van der Waals surface area (Å²) < 4.78 is 1.75. The van der Waals surface area contributed by atoms with Gasteiger partial charge in [-0.2, -0.15) is 0 Å². The van der Waals surface area contributed by atoms with Crippen molar-refractivity contribution in [1.82, 2.24) is 4.57 Å². The van der Waals surface area contributed by atoms with E-state index in [1.54, 1.807) is 4.57 Å². The highest BCUT2D eigenvalue weighted by atomic mass is 14.9. The summed E-state index contributed by atoms with van der Waals surface area (Å²) in [5.41, 5.74) is 0. The van der Waals surface area contributed by atoms with Crippen molar-refractivity contribution < 1.29 is 0 Å². The molecule has 0 aliphatic heterocycles. The zero-order valence-corrected chi connectivity index (χ0v) is 3.46. The van der Waals surface area contributed by atoms with Crippen LogP contribution in [0.5, 0.6) is 0 Å². The van der Waals surface area contributed by atoms with Crippen LogP contribution in [-0.2, 0) is 0 Å². The molecule has 1 heterocycles. The van der Waals surface area contributed by atoms with Gasteiger partial charge in [-0.15, -0.1) is 0 Å². The monoisotopic (exact) mass is 80.1 g/mol. The van der Waals surface area contributed by atoms with Gasteiger partial charge >= 0.3 is 0 Å². The molecule has 1 heteroatoms. The summed E-state index contributed by atoms with van der Waals surface area (Å²) in [4.78, 5) is 0. The molecule has 1 aromatic rings. The first-order valence-corrected chi connectivity index (χ1v) is 1.83. The summed E-state index contributed by atoms with van der Waals surface area (Å²) in [5.74, 6) is 0. The van der Waals surface area contributed by atoms with Crippen molar-refractivity contribution in [3.8, 4) is 0 Å². The third-order valence-electron chi connectivity index (χ3n) is 0.666. The molecule has 1 nitrogen and oxygen atoms in total. The normalized spacial score (nSPS) is 8.83. The lowest BCUT2D eigenvalue weighted by atomic mass is 10.7. The van der Waals surface area contributed by atoms with Gasteiger partial charge in [-0.1, -0.05) is 0 Å². The molecule has 0 saturated carbocycles. The molecule has 1 aromatic heterocycles. The van der Waals surface area contributed by atoms with E-state index in [2.05, 4.69) is 7.05 Å². The molecule has 0 aliphatic rings. The van der Waals surface area contributed by atoms with Gasteiger partial charge in [-0.25, -0.2) is 0 Å². The molecule has 0 atom stereocenters. The smallest absolute Gasteiger partial charge is 0.0399 e. The van der Waals surface area contributed by atoms with Crippen molar-refractivity contribution in [2.75, 3.05) is 0 Å². The molecule has 0 saturated heterocycles. The Kier molecular flexibility index (Phi) is 0.675. The lowest BCUT2D eigenvalue weighted by molar-refractivity contribution is 1.09. The summed E-state index contributed by atoms with van der Waals surface area (Å²) in [5, 5.41) is 0. The first kappa shape index (κ1) is 3.47. The van der Waals surface area contributed by atoms with Gasteiger partial charge in [-0.3, -0.25) is 0 Å². The average Bonchev–Trinajstić information content (AvgIpc) is 1.86. The SMILES string of the molecule is [CH2]n1cccc1. The predicted octanol–water partition coefficient (Wildman–Crippen LogP) is 1.13. The number of rotatable bonds is 0. The Labute approximate surface area is 37.2 Å². The van der Waals surface area contributed by atoms with E-state index >= 15 is 0 Å². The van der Waals surface area contributed by atoms with Crippen molar-refractivity contribution in [1.29, 1.82) is 0 Å². The molecule has 0 amide bonds. The highest BCUT2D eigenvalue weighted by Crippen LogP contribution is 1.81. The Balaban J connectivity index is 3.05. The van der Waals surface area contributed by atoms with Crippen molar-refractivity contribution in [3.63, 3.8) is 0 Å². The van der Waals surface area contributed by atoms with Crippen molar-refractivity contribution in [2.45, 2.75) is 0 Å². The van der Waals surface area contributed by atoms with Crippen molar-refractivity contribution in [2.24, 2.45) is 0 Å². The Morgan fingerprint density at radius 3 is 1.83 bits per heavy atom. The van der Waals surface area contributed by atoms with E-state index in [1.807, 2.05) is 24.5 Å². The van der Waals surface area contributed by atoms with Crippen LogP contribution in [0.2, 0.25) is 0 Å². The van der Waals surface area contributed by atoms with E-state index in [0.717, 1.165) is 0 Å². The zero-order valence-electron chi connectivity index (χ0n) is 3.46. The molecular formula is C5H6N. The van der Waals surface area contributed by atoms with Crippen LogP contribution in [0.25, 0.3) is 0 Å². The highest BCUT2D eigenvalue weighted by molar-refractivity contribution is 4.90. The molecule has 0 unspecified atom stereocenters. The van der Waals surface area contributed by atoms with Crippen LogP contribution in [0.15, 0.2) is 24.5 Å². The van der Waals surface area contributed by atoms with E-state index < -0.39 is 0 Å². The summed E-state index contributed by atoms with van der Waals surface area (Å²) >= 11 is 0. The summed E-state index contributed by atoms with van der Waals surface area (Å²) in [6.45, 7) is 0. The van der Waals surface area contributed by atoms with Gasteiger partial charge in [-0.05, 0) is 12.1 Å². The number of aromatic nitrogens is 1. The molecular weight excluding hydrogens is 74.1 g/mol. The first-order valence-electron chi connectivity index (χ1n) is 1.83. The van der Waals surface area contributed by atoms with Gasteiger partial charge < -0.3 is 4.57 Å². The second-order valence-electron chi connectivity index (χ2n) is 1.20. The predicted molar refractivity (Wildman–Crippen MR) is 25.2 cm³/mol. The molecule has 0 fully saturated rings. The second-order valence-corrected chi connectivity index (χ2v) is 1.20. The topological polar surface area (TPSA) is 4.93 Å². The molecule has 0 N–H and O–H groups in total. The fraction of sp³-hybridized carbons (Fsp3) is 0. The lowest BCUT2D eigenvalue weighted by Crippen LogP contribution is -1.71. The van der Waals surface area contributed by atoms with Gasteiger partial charge in [0.25, 0.3) is 0 Å². The largest absolute Gasteiger partial charge is 0.352 e. The van der Waals surface area contributed by atoms with Crippen LogP contribution < -0.4 is 0 Å². The Morgan fingerprint density at radius 2 is 1.67 bits per heavy atom. The van der Waals surface area contributed by atoms with Gasteiger partial charge in [0.05, 0.1) is 0 Å². The molecule has 1 radical (unpaired) electrons. The Hall–Kier alpha value is -0.720. The van der Waals surface area contributed by atoms with Crippen LogP contribution >= 0.6 is 0 Å².